The predicted octanol–water partition coefficient (Wildman–Crippen LogP) is 2.79. The van der Waals surface area contributed by atoms with Crippen molar-refractivity contribution >= 4 is 5.78 Å². The first kappa shape index (κ1) is 8.76. The fourth-order valence-corrected chi connectivity index (χ4v) is 1.92. The summed E-state index contributed by atoms with van der Waals surface area (Å²) in [5.41, 5.74) is 0.411. The Bertz CT molecular complexity index is 158. The molecule has 0 aromatic rings. The van der Waals surface area contributed by atoms with E-state index < -0.39 is 0 Å². The van der Waals surface area contributed by atoms with E-state index in [1.807, 2.05) is 0 Å². The van der Waals surface area contributed by atoms with Crippen LogP contribution in [0.1, 0.15) is 46.5 Å². The molecule has 0 unspecified atom stereocenters. The Morgan fingerprint density at radius 2 is 2.18 bits per heavy atom. The highest BCUT2D eigenvalue weighted by Gasteiger charge is 2.31. The van der Waals surface area contributed by atoms with Gasteiger partial charge in [-0.1, -0.05) is 20.8 Å². The van der Waals surface area contributed by atoms with Crippen molar-refractivity contribution in [2.24, 2.45) is 11.3 Å². The maximum Gasteiger partial charge on any atom is 0.136 e. The molecule has 64 valence electrons. The van der Waals surface area contributed by atoms with Gasteiger partial charge < -0.3 is 0 Å². The smallest absolute Gasteiger partial charge is 0.136 e. The highest BCUT2D eigenvalue weighted by molar-refractivity contribution is 5.81. The molecule has 0 amide bonds. The Morgan fingerprint density at radius 3 is 2.64 bits per heavy atom. The van der Waals surface area contributed by atoms with Crippen LogP contribution in [-0.4, -0.2) is 5.78 Å². The predicted molar refractivity (Wildman–Crippen MR) is 46.4 cm³/mol. The highest BCUT2D eigenvalue weighted by atomic mass is 16.1. The van der Waals surface area contributed by atoms with Crippen LogP contribution in [0.5, 0.6) is 0 Å². The van der Waals surface area contributed by atoms with Gasteiger partial charge in [0.15, 0.2) is 0 Å². The lowest BCUT2D eigenvalue weighted by Crippen LogP contribution is -2.29. The summed E-state index contributed by atoms with van der Waals surface area (Å²) < 4.78 is 0. The van der Waals surface area contributed by atoms with Gasteiger partial charge in [0.25, 0.3) is 0 Å². The third-order valence-electron chi connectivity index (χ3n) is 2.80. The molecule has 0 aromatic carbocycles. The van der Waals surface area contributed by atoms with Gasteiger partial charge in [-0.25, -0.2) is 0 Å². The second kappa shape index (κ2) is 2.96. The highest BCUT2D eigenvalue weighted by Crippen LogP contribution is 2.37. The van der Waals surface area contributed by atoms with E-state index in [1.54, 1.807) is 0 Å². The van der Waals surface area contributed by atoms with Gasteiger partial charge >= 0.3 is 0 Å². The molecule has 1 nitrogen and oxygen atoms in total. The molecule has 0 heterocycles. The monoisotopic (exact) mass is 154 g/mol. The summed E-state index contributed by atoms with van der Waals surface area (Å²) in [5, 5.41) is 0. The van der Waals surface area contributed by atoms with Gasteiger partial charge in [-0.2, -0.15) is 0 Å². The van der Waals surface area contributed by atoms with Crippen LogP contribution in [0.4, 0.5) is 0 Å². The Morgan fingerprint density at radius 1 is 1.55 bits per heavy atom. The summed E-state index contributed by atoms with van der Waals surface area (Å²) in [7, 11) is 0. The van der Waals surface area contributed by atoms with E-state index in [9.17, 15) is 4.79 Å². The van der Waals surface area contributed by atoms with Crippen LogP contribution in [0.3, 0.4) is 0 Å². The lowest BCUT2D eigenvalue weighted by Gasteiger charge is -2.33. The molecule has 0 aromatic heterocycles. The van der Waals surface area contributed by atoms with Crippen molar-refractivity contribution in [2.75, 3.05) is 0 Å². The third-order valence-corrected chi connectivity index (χ3v) is 2.80. The van der Waals surface area contributed by atoms with E-state index in [0.717, 1.165) is 25.7 Å². The molecule has 0 N–H and O–H groups in total. The van der Waals surface area contributed by atoms with Gasteiger partial charge in [0.1, 0.15) is 5.78 Å². The molecule has 1 heteroatoms. The largest absolute Gasteiger partial charge is 0.299 e. The number of rotatable bonds is 1. The summed E-state index contributed by atoms with van der Waals surface area (Å²) in [6, 6.07) is 0. The third kappa shape index (κ3) is 2.05. The summed E-state index contributed by atoms with van der Waals surface area (Å²) in [4.78, 5) is 11.3. The van der Waals surface area contributed by atoms with Gasteiger partial charge in [-0.05, 0) is 24.7 Å². The summed E-state index contributed by atoms with van der Waals surface area (Å²) in [6.45, 7) is 6.65. The van der Waals surface area contributed by atoms with Crippen LogP contribution in [0.2, 0.25) is 0 Å². The molecule has 1 atom stereocenters. The SMILES string of the molecule is CC[C@@H]1CC(C)(C)CCC1=O. The zero-order valence-corrected chi connectivity index (χ0v) is 7.81. The lowest BCUT2D eigenvalue weighted by atomic mass is 9.71. The maximum absolute atomic E-state index is 11.3. The average molecular weight is 154 g/mol. The first-order valence-electron chi connectivity index (χ1n) is 4.58. The Labute approximate surface area is 69.2 Å². The lowest BCUT2D eigenvalue weighted by molar-refractivity contribution is -0.127. The van der Waals surface area contributed by atoms with Gasteiger partial charge in [-0.3, -0.25) is 4.79 Å². The molecule has 1 rings (SSSR count). The minimum absolute atomic E-state index is 0.360. The Balaban J connectivity index is 2.58. The Hall–Kier alpha value is -0.330. The molecule has 0 aliphatic heterocycles. The van der Waals surface area contributed by atoms with Crippen LogP contribution in [0, 0.1) is 11.3 Å². The van der Waals surface area contributed by atoms with Crippen LogP contribution < -0.4 is 0 Å². The minimum atomic E-state index is 0.360. The van der Waals surface area contributed by atoms with Crippen molar-refractivity contribution in [3.8, 4) is 0 Å². The number of carbonyl (C=O) groups is 1. The summed E-state index contributed by atoms with van der Waals surface area (Å²) >= 11 is 0. The van der Waals surface area contributed by atoms with Crippen molar-refractivity contribution in [3.05, 3.63) is 0 Å². The fraction of sp³-hybridized carbons (Fsp3) is 0.900. The van der Waals surface area contributed by atoms with E-state index in [1.165, 1.54) is 0 Å². The van der Waals surface area contributed by atoms with E-state index in [0.29, 0.717) is 17.1 Å². The van der Waals surface area contributed by atoms with E-state index >= 15 is 0 Å². The van der Waals surface area contributed by atoms with Crippen molar-refractivity contribution < 1.29 is 4.79 Å². The van der Waals surface area contributed by atoms with Crippen LogP contribution in [-0.2, 0) is 4.79 Å². The second-order valence-electron chi connectivity index (χ2n) is 4.44. The maximum atomic E-state index is 11.3. The molecule has 0 radical (unpaired) electrons. The van der Waals surface area contributed by atoms with Crippen molar-refractivity contribution in [1.29, 1.82) is 0 Å². The topological polar surface area (TPSA) is 17.1 Å². The van der Waals surface area contributed by atoms with E-state index in [-0.39, 0.29) is 0 Å². The van der Waals surface area contributed by atoms with Crippen LogP contribution in [0.15, 0.2) is 0 Å². The molecular weight excluding hydrogens is 136 g/mol. The van der Waals surface area contributed by atoms with Crippen LogP contribution >= 0.6 is 0 Å². The molecule has 0 saturated heterocycles. The zero-order chi connectivity index (χ0) is 8.48. The summed E-state index contributed by atoms with van der Waals surface area (Å²) in [5.74, 6) is 0.852. The van der Waals surface area contributed by atoms with Crippen molar-refractivity contribution in [3.63, 3.8) is 0 Å². The quantitative estimate of drug-likeness (QED) is 0.567. The normalized spacial score (nSPS) is 30.5. The van der Waals surface area contributed by atoms with Gasteiger partial charge in [-0.15, -0.1) is 0 Å². The molecular formula is C10H18O. The molecule has 1 aliphatic carbocycles. The molecule has 0 bridgehead atoms. The first-order valence-corrected chi connectivity index (χ1v) is 4.58. The van der Waals surface area contributed by atoms with Gasteiger partial charge in [0.2, 0.25) is 0 Å². The molecule has 1 aliphatic rings. The second-order valence-corrected chi connectivity index (χ2v) is 4.44. The van der Waals surface area contributed by atoms with Crippen LogP contribution in [0.25, 0.3) is 0 Å². The van der Waals surface area contributed by atoms with Gasteiger partial charge in [0.05, 0.1) is 0 Å². The van der Waals surface area contributed by atoms with E-state index in [4.69, 9.17) is 0 Å². The standard InChI is InChI=1S/C10H18O/c1-4-8-7-10(2,3)6-5-9(8)11/h8H,4-7H2,1-3H3/t8-/m1/s1. The molecule has 1 saturated carbocycles. The summed E-state index contributed by atoms with van der Waals surface area (Å²) in [6.07, 6.45) is 4.03. The number of hydrogen-bond acceptors (Lipinski definition) is 1. The molecule has 1 fully saturated rings. The van der Waals surface area contributed by atoms with Gasteiger partial charge in [0, 0.05) is 12.3 Å². The molecule has 11 heavy (non-hydrogen) atoms. The van der Waals surface area contributed by atoms with E-state index in [2.05, 4.69) is 20.8 Å². The van der Waals surface area contributed by atoms with Crippen molar-refractivity contribution in [2.45, 2.75) is 46.5 Å². The Kier molecular flexibility index (Phi) is 2.36. The first-order chi connectivity index (χ1) is 5.05. The average Bonchev–Trinajstić information content (AvgIpc) is 1.94. The van der Waals surface area contributed by atoms with Crippen molar-refractivity contribution in [1.82, 2.24) is 0 Å². The number of Topliss-reactive ketones (excluding diaryl/α,β-unsaturated/α-hetero) is 1. The minimum Gasteiger partial charge on any atom is -0.299 e. The fourth-order valence-electron chi connectivity index (χ4n) is 1.92. The number of carbonyl (C=O) groups excluding carboxylic acids is 1. The number of hydrogen-bond donors (Lipinski definition) is 0. The zero-order valence-electron chi connectivity index (χ0n) is 7.81. The number of ketones is 1. The molecule has 0 spiro atoms.